The number of nitrogens with one attached hydrogen (secondary N) is 1. The molecule has 0 amide bonds. The van der Waals surface area contributed by atoms with Gasteiger partial charge < -0.3 is 9.84 Å². The van der Waals surface area contributed by atoms with E-state index in [1.54, 1.807) is 31.2 Å². The number of aromatic hydroxyl groups is 1. The van der Waals surface area contributed by atoms with Crippen LogP contribution in [-0.4, -0.2) is 27.5 Å². The van der Waals surface area contributed by atoms with Crippen LogP contribution in [-0.2, 0) is 6.54 Å². The standard InChI is InChI=1S/C19H20N4O3/c1-4-23-18(25)15-7-5-6-8-16(15)20-19(23)22-21-12(2)14-10-9-13(26-3)11-17(14)24/h5-11,24H,4H2,1-3H3,(H,20,22)/b21-12+. The molecule has 0 atom stereocenters. The summed E-state index contributed by atoms with van der Waals surface area (Å²) in [5.74, 6) is 0.971. The van der Waals surface area contributed by atoms with Gasteiger partial charge >= 0.3 is 0 Å². The van der Waals surface area contributed by atoms with Crippen molar-refractivity contribution >= 4 is 22.6 Å². The molecule has 0 aliphatic rings. The van der Waals surface area contributed by atoms with Crippen molar-refractivity contribution in [3.8, 4) is 11.5 Å². The Morgan fingerprint density at radius 2 is 2.08 bits per heavy atom. The molecule has 7 nitrogen and oxygen atoms in total. The van der Waals surface area contributed by atoms with E-state index in [4.69, 9.17) is 4.74 Å². The van der Waals surface area contributed by atoms with Crippen molar-refractivity contribution in [2.45, 2.75) is 20.4 Å². The molecule has 0 fully saturated rings. The van der Waals surface area contributed by atoms with Crippen molar-refractivity contribution in [1.82, 2.24) is 9.55 Å². The molecule has 0 saturated carbocycles. The highest BCUT2D eigenvalue weighted by atomic mass is 16.5. The van der Waals surface area contributed by atoms with Crippen LogP contribution in [0.25, 0.3) is 10.9 Å². The second kappa shape index (κ2) is 7.26. The molecule has 0 saturated heterocycles. The first kappa shape index (κ1) is 17.5. The Labute approximate surface area is 150 Å². The topological polar surface area (TPSA) is 88.7 Å². The minimum Gasteiger partial charge on any atom is -0.507 e. The molecule has 134 valence electrons. The van der Waals surface area contributed by atoms with Gasteiger partial charge in [-0.05, 0) is 38.1 Å². The number of phenols is 1. The average Bonchev–Trinajstić information content (AvgIpc) is 2.66. The van der Waals surface area contributed by atoms with E-state index in [1.807, 2.05) is 19.1 Å². The van der Waals surface area contributed by atoms with Gasteiger partial charge in [-0.25, -0.2) is 10.4 Å². The van der Waals surface area contributed by atoms with Crippen LogP contribution < -0.4 is 15.7 Å². The third-order valence-electron chi connectivity index (χ3n) is 4.10. The van der Waals surface area contributed by atoms with Crippen LogP contribution in [0, 0.1) is 0 Å². The zero-order valence-electron chi connectivity index (χ0n) is 14.9. The fourth-order valence-corrected chi connectivity index (χ4v) is 2.69. The van der Waals surface area contributed by atoms with Crippen molar-refractivity contribution in [2.75, 3.05) is 12.5 Å². The number of nitrogens with zero attached hydrogens (tertiary/aromatic N) is 3. The van der Waals surface area contributed by atoms with Gasteiger partial charge in [-0.2, -0.15) is 5.10 Å². The number of para-hydroxylation sites is 1. The smallest absolute Gasteiger partial charge is 0.262 e. The highest BCUT2D eigenvalue weighted by Gasteiger charge is 2.10. The summed E-state index contributed by atoms with van der Waals surface area (Å²) in [6.45, 7) is 4.08. The minimum atomic E-state index is -0.124. The van der Waals surface area contributed by atoms with Crippen LogP contribution in [0.4, 0.5) is 5.95 Å². The van der Waals surface area contributed by atoms with Gasteiger partial charge in [0.05, 0.1) is 23.7 Å². The summed E-state index contributed by atoms with van der Waals surface area (Å²) < 4.78 is 6.60. The van der Waals surface area contributed by atoms with E-state index in [1.165, 1.54) is 17.7 Å². The highest BCUT2D eigenvalue weighted by molar-refractivity contribution is 6.01. The van der Waals surface area contributed by atoms with Gasteiger partial charge in [0.1, 0.15) is 11.5 Å². The quantitative estimate of drug-likeness (QED) is 0.544. The van der Waals surface area contributed by atoms with E-state index in [-0.39, 0.29) is 11.3 Å². The molecule has 0 radical (unpaired) electrons. The van der Waals surface area contributed by atoms with Gasteiger partial charge in [0.25, 0.3) is 5.56 Å². The maximum atomic E-state index is 12.6. The molecular weight excluding hydrogens is 332 g/mol. The number of rotatable bonds is 5. The zero-order chi connectivity index (χ0) is 18.7. The Bertz CT molecular complexity index is 1040. The van der Waals surface area contributed by atoms with Gasteiger partial charge in [-0.15, -0.1) is 0 Å². The first-order valence-corrected chi connectivity index (χ1v) is 8.22. The first-order valence-electron chi connectivity index (χ1n) is 8.22. The van der Waals surface area contributed by atoms with Crippen LogP contribution in [0.2, 0.25) is 0 Å². The van der Waals surface area contributed by atoms with E-state index in [2.05, 4.69) is 15.5 Å². The van der Waals surface area contributed by atoms with Crippen molar-refractivity contribution in [2.24, 2.45) is 5.10 Å². The first-order chi connectivity index (χ1) is 12.5. The molecule has 0 aliphatic heterocycles. The maximum Gasteiger partial charge on any atom is 0.262 e. The number of phenolic OH excluding ortho intramolecular Hbond substituents is 1. The molecule has 7 heteroatoms. The number of aromatic nitrogens is 2. The lowest BCUT2D eigenvalue weighted by Crippen LogP contribution is -2.23. The second-order valence-corrected chi connectivity index (χ2v) is 5.69. The molecule has 3 rings (SSSR count). The summed E-state index contributed by atoms with van der Waals surface area (Å²) >= 11 is 0. The summed E-state index contributed by atoms with van der Waals surface area (Å²) in [4.78, 5) is 17.1. The Morgan fingerprint density at radius 1 is 1.31 bits per heavy atom. The van der Waals surface area contributed by atoms with Gasteiger partial charge in [-0.1, -0.05) is 12.1 Å². The van der Waals surface area contributed by atoms with Crippen LogP contribution >= 0.6 is 0 Å². The lowest BCUT2D eigenvalue weighted by atomic mass is 10.1. The minimum absolute atomic E-state index is 0.0618. The summed E-state index contributed by atoms with van der Waals surface area (Å²) in [5, 5.41) is 15.0. The number of methoxy groups -OCH3 is 1. The van der Waals surface area contributed by atoms with Crippen molar-refractivity contribution in [3.63, 3.8) is 0 Å². The monoisotopic (exact) mass is 352 g/mol. The van der Waals surface area contributed by atoms with Crippen LogP contribution in [0.15, 0.2) is 52.4 Å². The Kier molecular flexibility index (Phi) is 4.88. The van der Waals surface area contributed by atoms with Crippen molar-refractivity contribution < 1.29 is 9.84 Å². The zero-order valence-corrected chi connectivity index (χ0v) is 14.9. The third-order valence-corrected chi connectivity index (χ3v) is 4.10. The largest absolute Gasteiger partial charge is 0.507 e. The highest BCUT2D eigenvalue weighted by Crippen LogP contribution is 2.24. The van der Waals surface area contributed by atoms with Crippen LogP contribution in [0.1, 0.15) is 19.4 Å². The molecule has 0 bridgehead atoms. The van der Waals surface area contributed by atoms with E-state index in [0.717, 1.165) is 0 Å². The lowest BCUT2D eigenvalue weighted by Gasteiger charge is -2.12. The number of hydrogen-bond donors (Lipinski definition) is 2. The number of fused-ring (bicyclic) bond motifs is 1. The molecule has 1 heterocycles. The van der Waals surface area contributed by atoms with Crippen molar-refractivity contribution in [1.29, 1.82) is 0 Å². The molecule has 1 aromatic heterocycles. The Balaban J connectivity index is 1.98. The Morgan fingerprint density at radius 3 is 2.77 bits per heavy atom. The van der Waals surface area contributed by atoms with Gasteiger partial charge in [-0.3, -0.25) is 9.36 Å². The van der Waals surface area contributed by atoms with Gasteiger partial charge in [0, 0.05) is 18.2 Å². The number of ether oxygens (including phenoxy) is 1. The number of hydrogen-bond acceptors (Lipinski definition) is 6. The molecule has 3 aromatic rings. The summed E-state index contributed by atoms with van der Waals surface area (Å²) in [7, 11) is 1.53. The van der Waals surface area contributed by atoms with Crippen LogP contribution in [0.3, 0.4) is 0 Å². The van der Waals surface area contributed by atoms with E-state index >= 15 is 0 Å². The number of hydrazone groups is 1. The van der Waals surface area contributed by atoms with Crippen molar-refractivity contribution in [3.05, 3.63) is 58.4 Å². The molecule has 0 unspecified atom stereocenters. The molecular formula is C19H20N4O3. The third kappa shape index (κ3) is 3.23. The molecule has 26 heavy (non-hydrogen) atoms. The number of benzene rings is 2. The normalized spacial score (nSPS) is 11.6. The fraction of sp³-hybridized carbons (Fsp3) is 0.211. The van der Waals surface area contributed by atoms with Gasteiger partial charge in [0.2, 0.25) is 5.95 Å². The van der Waals surface area contributed by atoms with E-state index in [0.29, 0.717) is 40.4 Å². The SMILES string of the molecule is CCn1c(N/N=C(\C)c2ccc(OC)cc2O)nc2ccccc2c1=O. The second-order valence-electron chi connectivity index (χ2n) is 5.69. The molecule has 2 aromatic carbocycles. The molecule has 0 spiro atoms. The summed E-state index contributed by atoms with van der Waals surface area (Å²) in [6.07, 6.45) is 0. The lowest BCUT2D eigenvalue weighted by molar-refractivity contribution is 0.407. The Hall–Kier alpha value is -3.35. The summed E-state index contributed by atoms with van der Waals surface area (Å²) in [6, 6.07) is 12.2. The average molecular weight is 352 g/mol. The predicted octanol–water partition coefficient (Wildman–Crippen LogP) is 2.97. The van der Waals surface area contributed by atoms with Crippen LogP contribution in [0.5, 0.6) is 11.5 Å². The van der Waals surface area contributed by atoms with Gasteiger partial charge in [0.15, 0.2) is 0 Å². The number of anilines is 1. The fourth-order valence-electron chi connectivity index (χ4n) is 2.69. The molecule has 0 aliphatic carbocycles. The summed E-state index contributed by atoms with van der Waals surface area (Å²) in [5.41, 5.74) is 4.44. The maximum absolute atomic E-state index is 12.6. The molecule has 2 N–H and O–H groups in total. The van der Waals surface area contributed by atoms with E-state index in [9.17, 15) is 9.90 Å². The van der Waals surface area contributed by atoms with E-state index < -0.39 is 0 Å². The predicted molar refractivity (Wildman–Crippen MR) is 102 cm³/mol.